The molecule has 3 atom stereocenters. The second-order valence-corrected chi connectivity index (χ2v) is 7.06. The highest BCUT2D eigenvalue weighted by atomic mass is 16.5. The van der Waals surface area contributed by atoms with Crippen molar-refractivity contribution in [1.29, 1.82) is 0 Å². The average Bonchev–Trinajstić information content (AvgIpc) is 2.49. The van der Waals surface area contributed by atoms with E-state index in [4.69, 9.17) is 9.47 Å². The highest BCUT2D eigenvalue weighted by Crippen LogP contribution is 2.35. The molecule has 1 saturated carbocycles. The van der Waals surface area contributed by atoms with Crippen LogP contribution in [0.3, 0.4) is 0 Å². The number of hydrogen-bond donors (Lipinski definition) is 1. The Hall–Kier alpha value is -0.120. The van der Waals surface area contributed by atoms with Crippen molar-refractivity contribution < 1.29 is 9.47 Å². The van der Waals surface area contributed by atoms with Gasteiger partial charge in [0, 0.05) is 31.9 Å². The fraction of sp³-hybridized carbons (Fsp3) is 1.00. The normalized spacial score (nSPS) is 38.0. The van der Waals surface area contributed by atoms with Gasteiger partial charge in [-0.25, -0.2) is 0 Å². The first-order chi connectivity index (χ1) is 9.81. The molecular weight excluding hydrogens is 250 g/mol. The number of hydrogen-bond acceptors (Lipinski definition) is 3. The minimum atomic E-state index is 0.130. The van der Waals surface area contributed by atoms with Gasteiger partial charge in [-0.05, 0) is 44.4 Å². The third-order valence-corrected chi connectivity index (χ3v) is 5.78. The maximum atomic E-state index is 6.16. The van der Waals surface area contributed by atoms with E-state index < -0.39 is 0 Å². The van der Waals surface area contributed by atoms with Gasteiger partial charge in [-0.3, -0.25) is 0 Å². The highest BCUT2D eigenvalue weighted by Gasteiger charge is 2.40. The van der Waals surface area contributed by atoms with Gasteiger partial charge < -0.3 is 14.8 Å². The van der Waals surface area contributed by atoms with Gasteiger partial charge >= 0.3 is 0 Å². The van der Waals surface area contributed by atoms with E-state index in [-0.39, 0.29) is 5.60 Å². The lowest BCUT2D eigenvalue weighted by Crippen LogP contribution is -2.53. The SMILES string of the molecule is CCC1CCCCC1NC1CCOC2(CCOCC2)C1. The maximum Gasteiger partial charge on any atom is 0.0741 e. The fourth-order valence-electron chi connectivity index (χ4n) is 4.48. The standard InChI is InChI=1S/C17H31NO2/c1-2-14-5-3-4-6-16(14)18-15-7-10-20-17(13-15)8-11-19-12-9-17/h14-16,18H,2-13H2,1H3. The maximum absolute atomic E-state index is 6.16. The molecule has 1 N–H and O–H groups in total. The summed E-state index contributed by atoms with van der Waals surface area (Å²) in [5.74, 6) is 0.900. The van der Waals surface area contributed by atoms with E-state index >= 15 is 0 Å². The summed E-state index contributed by atoms with van der Waals surface area (Å²) in [6.45, 7) is 5.05. The molecular formula is C17H31NO2. The van der Waals surface area contributed by atoms with Crippen molar-refractivity contribution in [2.45, 2.75) is 82.4 Å². The highest BCUT2D eigenvalue weighted by molar-refractivity contribution is 4.93. The first kappa shape index (κ1) is 14.8. The third-order valence-electron chi connectivity index (χ3n) is 5.78. The summed E-state index contributed by atoms with van der Waals surface area (Å²) in [5.41, 5.74) is 0.130. The van der Waals surface area contributed by atoms with E-state index in [0.29, 0.717) is 6.04 Å². The molecule has 116 valence electrons. The van der Waals surface area contributed by atoms with Crippen LogP contribution in [0.2, 0.25) is 0 Å². The lowest BCUT2D eigenvalue weighted by atomic mass is 9.80. The smallest absolute Gasteiger partial charge is 0.0741 e. The Balaban J connectivity index is 1.56. The molecule has 3 nitrogen and oxygen atoms in total. The molecule has 0 aromatic rings. The van der Waals surface area contributed by atoms with Crippen LogP contribution in [-0.4, -0.2) is 37.5 Å². The molecule has 0 aromatic heterocycles. The van der Waals surface area contributed by atoms with Crippen molar-refractivity contribution in [2.24, 2.45) is 5.92 Å². The third kappa shape index (κ3) is 3.37. The lowest BCUT2D eigenvalue weighted by Gasteiger charge is -2.45. The molecule has 20 heavy (non-hydrogen) atoms. The second-order valence-electron chi connectivity index (χ2n) is 7.06. The zero-order chi connectivity index (χ0) is 13.8. The molecule has 2 aliphatic heterocycles. The molecule has 2 heterocycles. The van der Waals surface area contributed by atoms with E-state index in [1.807, 2.05) is 0 Å². The Morgan fingerprint density at radius 3 is 2.65 bits per heavy atom. The molecule has 3 heteroatoms. The van der Waals surface area contributed by atoms with Gasteiger partial charge in [-0.1, -0.05) is 26.2 Å². The molecule has 0 aromatic carbocycles. The fourth-order valence-corrected chi connectivity index (χ4v) is 4.48. The topological polar surface area (TPSA) is 30.5 Å². The molecule has 2 saturated heterocycles. The molecule has 0 amide bonds. The minimum absolute atomic E-state index is 0.130. The van der Waals surface area contributed by atoms with Crippen LogP contribution in [0.5, 0.6) is 0 Å². The van der Waals surface area contributed by atoms with Gasteiger partial charge in [0.15, 0.2) is 0 Å². The Labute approximate surface area is 123 Å². The lowest BCUT2D eigenvalue weighted by molar-refractivity contribution is -0.141. The second kappa shape index (κ2) is 6.76. The number of ether oxygens (including phenoxy) is 2. The van der Waals surface area contributed by atoms with Crippen molar-refractivity contribution >= 4 is 0 Å². The van der Waals surface area contributed by atoms with E-state index in [1.165, 1.54) is 44.9 Å². The van der Waals surface area contributed by atoms with Gasteiger partial charge in [0.2, 0.25) is 0 Å². The predicted octanol–water partition coefficient (Wildman–Crippen LogP) is 3.27. The van der Waals surface area contributed by atoms with Gasteiger partial charge in [0.1, 0.15) is 0 Å². The van der Waals surface area contributed by atoms with Crippen molar-refractivity contribution in [3.05, 3.63) is 0 Å². The zero-order valence-electron chi connectivity index (χ0n) is 13.0. The monoisotopic (exact) mass is 281 g/mol. The van der Waals surface area contributed by atoms with Crippen LogP contribution in [0.1, 0.15) is 64.7 Å². The molecule has 3 rings (SSSR count). The van der Waals surface area contributed by atoms with E-state index in [0.717, 1.165) is 44.6 Å². The Bertz CT molecular complexity index is 296. The number of nitrogens with one attached hydrogen (secondary N) is 1. The summed E-state index contributed by atoms with van der Waals surface area (Å²) >= 11 is 0. The van der Waals surface area contributed by atoms with Crippen LogP contribution in [0, 0.1) is 5.92 Å². The van der Waals surface area contributed by atoms with Crippen LogP contribution < -0.4 is 5.32 Å². The van der Waals surface area contributed by atoms with Crippen molar-refractivity contribution in [3.63, 3.8) is 0 Å². The van der Waals surface area contributed by atoms with Crippen molar-refractivity contribution in [2.75, 3.05) is 19.8 Å². The largest absolute Gasteiger partial charge is 0.381 e. The minimum Gasteiger partial charge on any atom is -0.381 e. The van der Waals surface area contributed by atoms with Crippen LogP contribution >= 0.6 is 0 Å². The Kier molecular flexibility index (Phi) is 5.00. The Morgan fingerprint density at radius 1 is 1.05 bits per heavy atom. The van der Waals surface area contributed by atoms with Crippen LogP contribution in [-0.2, 0) is 9.47 Å². The first-order valence-electron chi connectivity index (χ1n) is 8.79. The van der Waals surface area contributed by atoms with Gasteiger partial charge in [0.05, 0.1) is 5.60 Å². The van der Waals surface area contributed by atoms with Gasteiger partial charge in [0.25, 0.3) is 0 Å². The summed E-state index contributed by atoms with van der Waals surface area (Å²) in [6.07, 6.45) is 11.6. The van der Waals surface area contributed by atoms with E-state index in [9.17, 15) is 0 Å². The summed E-state index contributed by atoms with van der Waals surface area (Å²) in [6, 6.07) is 1.42. The molecule has 3 unspecified atom stereocenters. The van der Waals surface area contributed by atoms with Crippen molar-refractivity contribution in [3.8, 4) is 0 Å². The summed E-state index contributed by atoms with van der Waals surface area (Å²) in [5, 5.41) is 4.01. The number of rotatable bonds is 3. The van der Waals surface area contributed by atoms with E-state index in [1.54, 1.807) is 0 Å². The average molecular weight is 281 g/mol. The molecule has 0 bridgehead atoms. The molecule has 0 radical (unpaired) electrons. The van der Waals surface area contributed by atoms with Gasteiger partial charge in [-0.15, -0.1) is 0 Å². The molecule has 3 fully saturated rings. The van der Waals surface area contributed by atoms with Crippen LogP contribution in [0.4, 0.5) is 0 Å². The molecule has 1 aliphatic carbocycles. The zero-order valence-corrected chi connectivity index (χ0v) is 13.0. The predicted molar refractivity (Wildman–Crippen MR) is 80.9 cm³/mol. The summed E-state index contributed by atoms with van der Waals surface area (Å²) in [4.78, 5) is 0. The Morgan fingerprint density at radius 2 is 1.85 bits per heavy atom. The molecule has 1 spiro atoms. The first-order valence-corrected chi connectivity index (χ1v) is 8.79. The molecule has 3 aliphatic rings. The van der Waals surface area contributed by atoms with Crippen molar-refractivity contribution in [1.82, 2.24) is 5.32 Å². The van der Waals surface area contributed by atoms with Crippen LogP contribution in [0.15, 0.2) is 0 Å². The summed E-state index contributed by atoms with van der Waals surface area (Å²) in [7, 11) is 0. The van der Waals surface area contributed by atoms with Gasteiger partial charge in [-0.2, -0.15) is 0 Å². The van der Waals surface area contributed by atoms with Crippen LogP contribution in [0.25, 0.3) is 0 Å². The summed E-state index contributed by atoms with van der Waals surface area (Å²) < 4.78 is 11.7. The van der Waals surface area contributed by atoms with E-state index in [2.05, 4.69) is 12.2 Å². The quantitative estimate of drug-likeness (QED) is 0.861.